The van der Waals surface area contributed by atoms with Gasteiger partial charge in [-0.1, -0.05) is 12.1 Å². The highest BCUT2D eigenvalue weighted by atomic mass is 79.9. The van der Waals surface area contributed by atoms with Gasteiger partial charge in [0.2, 0.25) is 0 Å². The molecule has 1 fully saturated rings. The van der Waals surface area contributed by atoms with E-state index in [9.17, 15) is 0 Å². The number of hydrogen-bond acceptors (Lipinski definition) is 4. The van der Waals surface area contributed by atoms with Crippen LogP contribution in [0.1, 0.15) is 37.9 Å². The summed E-state index contributed by atoms with van der Waals surface area (Å²) in [6.45, 7) is 2.27. The number of aromatic nitrogens is 2. The molecule has 0 amide bonds. The second kappa shape index (κ2) is 4.96. The van der Waals surface area contributed by atoms with Crippen molar-refractivity contribution < 1.29 is 4.52 Å². The highest BCUT2D eigenvalue weighted by Gasteiger charge is 2.27. The van der Waals surface area contributed by atoms with Crippen LogP contribution in [0.3, 0.4) is 0 Å². The molecule has 2 unspecified atom stereocenters. The molecule has 100 valence electrons. The minimum Gasteiger partial charge on any atom is -0.399 e. The van der Waals surface area contributed by atoms with Crippen LogP contribution < -0.4 is 5.73 Å². The van der Waals surface area contributed by atoms with Crippen molar-refractivity contribution >= 4 is 21.6 Å². The summed E-state index contributed by atoms with van der Waals surface area (Å²) in [5, 5.41) is 4.13. The molecule has 1 aromatic carbocycles. The molecule has 2 aromatic rings. The number of rotatable bonds is 2. The van der Waals surface area contributed by atoms with Crippen molar-refractivity contribution in [2.75, 3.05) is 5.73 Å². The van der Waals surface area contributed by atoms with Crippen molar-refractivity contribution in [3.8, 4) is 11.5 Å². The maximum absolute atomic E-state index is 5.80. The van der Waals surface area contributed by atoms with Gasteiger partial charge in [0.15, 0.2) is 5.82 Å². The Hall–Kier alpha value is -1.36. The predicted molar refractivity (Wildman–Crippen MR) is 77.6 cm³/mol. The first-order chi connectivity index (χ1) is 9.13. The standard InChI is InChI=1S/C14H16BrN3O/c1-8-2-3-9(6-8)13-17-14(19-18-13)11-7-10(16)4-5-12(11)15/h4-5,7-9H,2-3,6,16H2,1H3. The van der Waals surface area contributed by atoms with Crippen LogP contribution in [0.2, 0.25) is 0 Å². The number of nitrogen functional groups attached to an aromatic ring is 1. The molecule has 1 aromatic heterocycles. The molecule has 0 saturated heterocycles. The fourth-order valence-electron chi connectivity index (χ4n) is 2.66. The summed E-state index contributed by atoms with van der Waals surface area (Å²) in [5.74, 6) is 2.56. The Bertz CT molecular complexity index is 596. The molecular weight excluding hydrogens is 306 g/mol. The largest absolute Gasteiger partial charge is 0.399 e. The first kappa shape index (κ1) is 12.7. The summed E-state index contributed by atoms with van der Waals surface area (Å²) in [4.78, 5) is 4.54. The summed E-state index contributed by atoms with van der Waals surface area (Å²) in [7, 11) is 0. The van der Waals surface area contributed by atoms with Crippen LogP contribution in [0.5, 0.6) is 0 Å². The number of anilines is 1. The number of benzene rings is 1. The SMILES string of the molecule is CC1CCC(c2noc(-c3cc(N)ccc3Br)n2)C1. The van der Waals surface area contributed by atoms with Gasteiger partial charge in [-0.2, -0.15) is 4.98 Å². The zero-order valence-electron chi connectivity index (χ0n) is 10.8. The minimum atomic E-state index is 0.437. The average molecular weight is 322 g/mol. The van der Waals surface area contributed by atoms with Crippen molar-refractivity contribution in [3.05, 3.63) is 28.5 Å². The molecule has 0 spiro atoms. The summed E-state index contributed by atoms with van der Waals surface area (Å²) in [6, 6.07) is 5.58. The number of nitrogens with two attached hydrogens (primary N) is 1. The lowest BCUT2D eigenvalue weighted by molar-refractivity contribution is 0.414. The normalized spacial score (nSPS) is 22.8. The topological polar surface area (TPSA) is 64.9 Å². The van der Waals surface area contributed by atoms with E-state index in [-0.39, 0.29) is 0 Å². The van der Waals surface area contributed by atoms with E-state index in [1.165, 1.54) is 6.42 Å². The number of halogens is 1. The van der Waals surface area contributed by atoms with E-state index in [2.05, 4.69) is 33.0 Å². The van der Waals surface area contributed by atoms with Crippen molar-refractivity contribution in [1.29, 1.82) is 0 Å². The Morgan fingerprint density at radius 1 is 1.37 bits per heavy atom. The summed E-state index contributed by atoms with van der Waals surface area (Å²) >= 11 is 3.49. The second-order valence-electron chi connectivity index (χ2n) is 5.31. The van der Waals surface area contributed by atoms with Gasteiger partial charge in [0, 0.05) is 16.1 Å². The molecule has 1 aliphatic carbocycles. The molecule has 1 heterocycles. The zero-order valence-corrected chi connectivity index (χ0v) is 12.4. The molecule has 5 heteroatoms. The average Bonchev–Trinajstić information content (AvgIpc) is 3.00. The molecule has 2 N–H and O–H groups in total. The van der Waals surface area contributed by atoms with Crippen LogP contribution in [0.15, 0.2) is 27.2 Å². The predicted octanol–water partition coefficient (Wildman–Crippen LogP) is 3.98. The van der Waals surface area contributed by atoms with Crippen LogP contribution >= 0.6 is 15.9 Å². The van der Waals surface area contributed by atoms with Gasteiger partial charge >= 0.3 is 0 Å². The van der Waals surface area contributed by atoms with E-state index in [1.807, 2.05) is 18.2 Å². The molecule has 1 saturated carbocycles. The van der Waals surface area contributed by atoms with Gasteiger partial charge in [-0.3, -0.25) is 0 Å². The molecule has 3 rings (SSSR count). The summed E-state index contributed by atoms with van der Waals surface area (Å²) in [6.07, 6.45) is 3.55. The maximum atomic E-state index is 5.80. The highest BCUT2D eigenvalue weighted by Crippen LogP contribution is 2.37. The number of nitrogens with zero attached hydrogens (tertiary/aromatic N) is 2. The lowest BCUT2D eigenvalue weighted by atomic mass is 10.1. The third-order valence-corrected chi connectivity index (χ3v) is 4.41. The van der Waals surface area contributed by atoms with Gasteiger partial charge in [0.05, 0.1) is 5.56 Å². The Labute approximate surface area is 120 Å². The van der Waals surface area contributed by atoms with E-state index in [4.69, 9.17) is 10.3 Å². The Morgan fingerprint density at radius 3 is 2.95 bits per heavy atom. The van der Waals surface area contributed by atoms with Gasteiger partial charge < -0.3 is 10.3 Å². The molecule has 1 aliphatic rings. The van der Waals surface area contributed by atoms with Gasteiger partial charge in [-0.25, -0.2) is 0 Å². The fourth-order valence-corrected chi connectivity index (χ4v) is 3.07. The van der Waals surface area contributed by atoms with Crippen molar-refractivity contribution in [2.45, 2.75) is 32.1 Å². The van der Waals surface area contributed by atoms with Crippen LogP contribution in [0.25, 0.3) is 11.5 Å². The monoisotopic (exact) mass is 321 g/mol. The maximum Gasteiger partial charge on any atom is 0.259 e. The van der Waals surface area contributed by atoms with E-state index in [0.717, 1.165) is 34.6 Å². The quantitative estimate of drug-likeness (QED) is 0.849. The number of hydrogen-bond donors (Lipinski definition) is 1. The second-order valence-corrected chi connectivity index (χ2v) is 6.17. The molecule has 4 nitrogen and oxygen atoms in total. The van der Waals surface area contributed by atoms with E-state index in [0.29, 0.717) is 17.5 Å². The first-order valence-electron chi connectivity index (χ1n) is 6.52. The Balaban J connectivity index is 1.90. The Morgan fingerprint density at radius 2 is 2.21 bits per heavy atom. The van der Waals surface area contributed by atoms with Gasteiger partial charge in [0.25, 0.3) is 5.89 Å². The molecule has 0 aliphatic heterocycles. The van der Waals surface area contributed by atoms with Crippen molar-refractivity contribution in [3.63, 3.8) is 0 Å². The zero-order chi connectivity index (χ0) is 13.4. The molecule has 19 heavy (non-hydrogen) atoms. The minimum absolute atomic E-state index is 0.437. The van der Waals surface area contributed by atoms with Crippen LogP contribution in [-0.4, -0.2) is 10.1 Å². The first-order valence-corrected chi connectivity index (χ1v) is 7.32. The van der Waals surface area contributed by atoms with Crippen LogP contribution in [0.4, 0.5) is 5.69 Å². The lowest BCUT2D eigenvalue weighted by Crippen LogP contribution is -1.96. The van der Waals surface area contributed by atoms with Gasteiger partial charge in [-0.15, -0.1) is 0 Å². The van der Waals surface area contributed by atoms with E-state index >= 15 is 0 Å². The van der Waals surface area contributed by atoms with E-state index in [1.54, 1.807) is 0 Å². The molecule has 2 atom stereocenters. The molecular formula is C14H16BrN3O. The fraction of sp³-hybridized carbons (Fsp3) is 0.429. The smallest absolute Gasteiger partial charge is 0.259 e. The van der Waals surface area contributed by atoms with Crippen molar-refractivity contribution in [2.24, 2.45) is 5.92 Å². The lowest BCUT2D eigenvalue weighted by Gasteiger charge is -2.02. The Kier molecular flexibility index (Phi) is 3.31. The third-order valence-electron chi connectivity index (χ3n) is 3.72. The van der Waals surface area contributed by atoms with Crippen LogP contribution in [-0.2, 0) is 0 Å². The molecule has 0 bridgehead atoms. The highest BCUT2D eigenvalue weighted by molar-refractivity contribution is 9.10. The summed E-state index contributed by atoms with van der Waals surface area (Å²) in [5.41, 5.74) is 7.34. The van der Waals surface area contributed by atoms with Crippen LogP contribution in [0, 0.1) is 5.92 Å². The molecule has 0 radical (unpaired) electrons. The van der Waals surface area contributed by atoms with Gasteiger partial charge in [-0.05, 0) is 59.3 Å². The van der Waals surface area contributed by atoms with Crippen molar-refractivity contribution in [1.82, 2.24) is 10.1 Å². The van der Waals surface area contributed by atoms with Gasteiger partial charge in [0.1, 0.15) is 0 Å². The van der Waals surface area contributed by atoms with E-state index < -0.39 is 0 Å². The third kappa shape index (κ3) is 2.52. The summed E-state index contributed by atoms with van der Waals surface area (Å²) < 4.78 is 6.30.